The smallest absolute Gasteiger partial charge is 0.0929 e. The van der Waals surface area contributed by atoms with E-state index in [-0.39, 0.29) is 20.3 Å². The van der Waals surface area contributed by atoms with E-state index in [1.165, 1.54) is 12.0 Å². The highest BCUT2D eigenvalue weighted by atomic mass is 79.9. The molecule has 4 heteroatoms. The first-order chi connectivity index (χ1) is 14.1. The molecule has 4 atom stereocenters. The predicted octanol–water partition coefficient (Wildman–Crippen LogP) is 9.75. The number of aliphatic hydroxyl groups excluding tert-OH is 1. The molecule has 0 aromatic carbocycles. The first-order valence-electron chi connectivity index (χ1n) is 11.9. The lowest BCUT2D eigenvalue weighted by Crippen LogP contribution is -2.50. The molecule has 1 nitrogen and oxygen atoms in total. The third-order valence-electron chi connectivity index (χ3n) is 6.12. The molecular weight excluding hydrogens is 484 g/mol. The van der Waals surface area contributed by atoms with Gasteiger partial charge in [-0.2, -0.15) is 25.3 Å². The molecule has 2 fully saturated rings. The molecule has 4 unspecified atom stereocenters. The minimum Gasteiger partial charge on any atom is -0.512 e. The second-order valence-corrected chi connectivity index (χ2v) is 13.9. The summed E-state index contributed by atoms with van der Waals surface area (Å²) in [4.78, 5) is 0. The number of aliphatic hydroxyl groups is 1. The molecule has 2 saturated carbocycles. The van der Waals surface area contributed by atoms with Crippen LogP contribution < -0.4 is 0 Å². The molecule has 0 spiro atoms. The normalized spacial score (nSPS) is 34.2. The number of fused-ring (bicyclic) bond motifs is 2. The summed E-state index contributed by atoms with van der Waals surface area (Å²) in [6.45, 7) is 21.2. The summed E-state index contributed by atoms with van der Waals surface area (Å²) in [5, 5.41) is 11.7. The highest BCUT2D eigenvalue weighted by Crippen LogP contribution is 2.60. The van der Waals surface area contributed by atoms with Crippen molar-refractivity contribution in [1.29, 1.82) is 0 Å². The predicted molar refractivity (Wildman–Crippen MR) is 152 cm³/mol. The van der Waals surface area contributed by atoms with Gasteiger partial charge in [-0.05, 0) is 73.8 Å². The topological polar surface area (TPSA) is 20.2 Å². The van der Waals surface area contributed by atoms with Crippen LogP contribution in [0.4, 0.5) is 0 Å². The number of allylic oxidation sites excluding steroid dienone is 6. The number of rotatable bonds is 3. The first kappa shape index (κ1) is 31.2. The number of thiol groups is 2. The molecule has 2 aliphatic rings. The lowest BCUT2D eigenvalue weighted by atomic mass is 9.56. The van der Waals surface area contributed by atoms with Gasteiger partial charge in [-0.15, -0.1) is 0 Å². The summed E-state index contributed by atoms with van der Waals surface area (Å²) in [5.41, 5.74) is 2.33. The third kappa shape index (κ3) is 9.53. The maximum absolute atomic E-state index is 10.6. The molecule has 2 aliphatic carbocycles. The van der Waals surface area contributed by atoms with Gasteiger partial charge in [0.1, 0.15) is 0 Å². The van der Waals surface area contributed by atoms with Gasteiger partial charge in [0.2, 0.25) is 0 Å². The molecule has 0 heterocycles. The van der Waals surface area contributed by atoms with Gasteiger partial charge in [0.05, 0.1) is 5.76 Å². The van der Waals surface area contributed by atoms with Crippen molar-refractivity contribution < 1.29 is 5.11 Å². The van der Waals surface area contributed by atoms with Crippen molar-refractivity contribution in [2.24, 2.45) is 16.7 Å². The molecule has 1 N–H and O–H groups in total. The summed E-state index contributed by atoms with van der Waals surface area (Å²) in [5.74, 6) is 1.06. The fourth-order valence-electron chi connectivity index (χ4n) is 5.57. The summed E-state index contributed by atoms with van der Waals surface area (Å²) >= 11 is 13.2. The number of hydrogen-bond acceptors (Lipinski definition) is 3. The van der Waals surface area contributed by atoms with Gasteiger partial charge in [-0.1, -0.05) is 89.5 Å². The van der Waals surface area contributed by atoms with E-state index in [1.54, 1.807) is 0 Å². The Bertz CT molecular complexity index is 651. The second-order valence-electron chi connectivity index (χ2n) is 10.7. The molecule has 2 rings (SSSR count). The standard InChI is InChI=1S/C23H38OS2.C2H5Br.C2H6/c1-8-9-18(20(3,4)5)10-19(16(2)24)21(6)11-17-12-22(7,25)15-23(26,13-17)14-21;1-2-3;1-2/h8-10,17,24-26H,11-15H2,1-7H3;2H2,1H3;1-2H3/b9-8+,18-10+,19-16-;;. The van der Waals surface area contributed by atoms with Crippen molar-refractivity contribution in [3.8, 4) is 0 Å². The van der Waals surface area contributed by atoms with Crippen LogP contribution in [0.3, 0.4) is 0 Å². The van der Waals surface area contributed by atoms with Gasteiger partial charge in [0.15, 0.2) is 0 Å². The van der Waals surface area contributed by atoms with Gasteiger partial charge >= 0.3 is 0 Å². The molecule has 2 bridgehead atoms. The van der Waals surface area contributed by atoms with Gasteiger partial charge in [0.25, 0.3) is 0 Å². The van der Waals surface area contributed by atoms with Crippen molar-refractivity contribution in [3.05, 3.63) is 35.1 Å². The van der Waals surface area contributed by atoms with Crippen LogP contribution in [0.1, 0.15) is 101 Å². The number of halogens is 1. The quantitative estimate of drug-likeness (QED) is 0.143. The van der Waals surface area contributed by atoms with Crippen LogP contribution in [0, 0.1) is 16.7 Å². The zero-order chi connectivity index (χ0) is 24.7. The van der Waals surface area contributed by atoms with Gasteiger partial charge < -0.3 is 5.11 Å². The van der Waals surface area contributed by atoms with Gasteiger partial charge in [-0.25, -0.2) is 0 Å². The van der Waals surface area contributed by atoms with Gasteiger partial charge in [-0.3, -0.25) is 0 Å². The van der Waals surface area contributed by atoms with Crippen molar-refractivity contribution in [2.75, 3.05) is 5.33 Å². The Kier molecular flexibility index (Phi) is 12.7. The van der Waals surface area contributed by atoms with Crippen molar-refractivity contribution in [2.45, 2.75) is 111 Å². The molecule has 182 valence electrons. The molecule has 0 radical (unpaired) electrons. The maximum Gasteiger partial charge on any atom is 0.0929 e. The van der Waals surface area contributed by atoms with Crippen LogP contribution in [-0.4, -0.2) is 19.9 Å². The zero-order valence-electron chi connectivity index (χ0n) is 21.8. The van der Waals surface area contributed by atoms with Crippen LogP contribution >= 0.6 is 41.2 Å². The summed E-state index contributed by atoms with van der Waals surface area (Å²) < 4.78 is 0.0743. The van der Waals surface area contributed by atoms with E-state index in [0.717, 1.165) is 36.6 Å². The largest absolute Gasteiger partial charge is 0.512 e. The third-order valence-corrected chi connectivity index (χ3v) is 6.96. The van der Waals surface area contributed by atoms with Crippen molar-refractivity contribution in [3.63, 3.8) is 0 Å². The Morgan fingerprint density at radius 3 is 2.00 bits per heavy atom. The maximum atomic E-state index is 10.6. The molecule has 31 heavy (non-hydrogen) atoms. The Hall–Kier alpha value is 0.200. The Labute approximate surface area is 213 Å². The van der Waals surface area contributed by atoms with Crippen LogP contribution in [0.25, 0.3) is 0 Å². The summed E-state index contributed by atoms with van der Waals surface area (Å²) in [6.07, 6.45) is 11.9. The lowest BCUT2D eigenvalue weighted by Gasteiger charge is -2.55. The summed E-state index contributed by atoms with van der Waals surface area (Å²) in [7, 11) is 0. The van der Waals surface area contributed by atoms with E-state index in [0.29, 0.717) is 11.7 Å². The monoisotopic (exact) mass is 532 g/mol. The van der Waals surface area contributed by atoms with Crippen molar-refractivity contribution >= 4 is 41.2 Å². The Morgan fingerprint density at radius 2 is 1.61 bits per heavy atom. The number of hydrogen-bond donors (Lipinski definition) is 3. The minimum absolute atomic E-state index is 0.00342. The highest BCUT2D eigenvalue weighted by molar-refractivity contribution is 9.09. The molecule has 0 aliphatic heterocycles. The fraction of sp³-hybridized carbons (Fsp3) is 0.778. The molecule has 0 amide bonds. The molecule has 0 aromatic heterocycles. The Morgan fingerprint density at radius 1 is 1.10 bits per heavy atom. The highest BCUT2D eigenvalue weighted by Gasteiger charge is 2.52. The fourth-order valence-corrected chi connectivity index (χ4v) is 7.21. The van der Waals surface area contributed by atoms with E-state index in [2.05, 4.69) is 75.7 Å². The van der Waals surface area contributed by atoms with Crippen LogP contribution in [0.5, 0.6) is 0 Å². The van der Waals surface area contributed by atoms with Crippen LogP contribution in [0.15, 0.2) is 35.1 Å². The molecule has 0 aromatic rings. The average molecular weight is 534 g/mol. The Balaban J connectivity index is 0.00000165. The average Bonchev–Trinajstić information content (AvgIpc) is 2.56. The number of alkyl halides is 1. The van der Waals surface area contributed by atoms with Crippen LogP contribution in [0.2, 0.25) is 0 Å². The van der Waals surface area contributed by atoms with E-state index in [1.807, 2.05) is 27.7 Å². The van der Waals surface area contributed by atoms with Crippen molar-refractivity contribution in [1.82, 2.24) is 0 Å². The zero-order valence-corrected chi connectivity index (χ0v) is 25.1. The van der Waals surface area contributed by atoms with E-state index < -0.39 is 0 Å². The minimum atomic E-state index is -0.0497. The first-order valence-corrected chi connectivity index (χ1v) is 13.9. The van der Waals surface area contributed by atoms with Gasteiger partial charge in [0, 0.05) is 14.8 Å². The van der Waals surface area contributed by atoms with E-state index in [4.69, 9.17) is 25.3 Å². The molecular formula is C27H49BrOS2. The lowest BCUT2D eigenvalue weighted by molar-refractivity contribution is 0.0997. The SMILES string of the molecule is C/C=C/C(=C\C(=C(/C)O)C1(C)CC2CC(C)(S)CC(S)(C2)C1)C(C)(C)C.CC.CCBr. The van der Waals surface area contributed by atoms with E-state index in [9.17, 15) is 5.11 Å². The second kappa shape index (κ2) is 12.6. The van der Waals surface area contributed by atoms with E-state index >= 15 is 0 Å². The molecule has 0 saturated heterocycles. The van der Waals surface area contributed by atoms with Crippen LogP contribution in [-0.2, 0) is 0 Å². The summed E-state index contributed by atoms with van der Waals surface area (Å²) in [6, 6.07) is 0.